The summed E-state index contributed by atoms with van der Waals surface area (Å²) in [6, 6.07) is 13.0. The Bertz CT molecular complexity index is 809. The quantitative estimate of drug-likeness (QED) is 0.729. The summed E-state index contributed by atoms with van der Waals surface area (Å²) in [5, 5.41) is 14.3. The highest BCUT2D eigenvalue weighted by atomic mass is 79.9. The third kappa shape index (κ3) is 2.60. The van der Waals surface area contributed by atoms with Crippen molar-refractivity contribution in [3.8, 4) is 33.9 Å². The molecule has 0 amide bonds. The second-order valence-electron chi connectivity index (χ2n) is 4.86. The number of hydrogen-bond acceptors (Lipinski definition) is 4. The Hall–Kier alpha value is -2.27. The van der Waals surface area contributed by atoms with Gasteiger partial charge in [0.15, 0.2) is 5.76 Å². The summed E-state index contributed by atoms with van der Waals surface area (Å²) in [5.41, 5.74) is 3.20. The number of ether oxygens (including phenoxy) is 1. The van der Waals surface area contributed by atoms with Crippen molar-refractivity contribution < 1.29 is 14.4 Å². The first-order chi connectivity index (χ1) is 10.6. The lowest BCUT2D eigenvalue weighted by atomic mass is 9.99. The lowest BCUT2D eigenvalue weighted by molar-refractivity contribution is 0.405. The van der Waals surface area contributed by atoms with Gasteiger partial charge in [0, 0.05) is 10.5 Å². The summed E-state index contributed by atoms with van der Waals surface area (Å²) in [6.45, 7) is 1.88. The second kappa shape index (κ2) is 5.85. The fraction of sp³-hybridized carbons (Fsp3) is 0.118. The molecule has 5 heteroatoms. The SMILES string of the molecule is COc1ccc(-c2onc(C)c2-c2ccc(Br)cc2)c(O)c1. The molecule has 4 nitrogen and oxygen atoms in total. The first kappa shape index (κ1) is 14.7. The Balaban J connectivity index is 2.15. The molecule has 1 aromatic heterocycles. The summed E-state index contributed by atoms with van der Waals surface area (Å²) in [7, 11) is 1.56. The zero-order chi connectivity index (χ0) is 15.7. The predicted octanol–water partition coefficient (Wildman–Crippen LogP) is 4.79. The van der Waals surface area contributed by atoms with E-state index in [0.717, 1.165) is 21.3 Å². The third-order valence-corrected chi connectivity index (χ3v) is 3.97. The maximum atomic E-state index is 10.2. The smallest absolute Gasteiger partial charge is 0.178 e. The third-order valence-electron chi connectivity index (χ3n) is 3.45. The first-order valence-corrected chi connectivity index (χ1v) is 7.49. The highest BCUT2D eigenvalue weighted by Gasteiger charge is 2.19. The second-order valence-corrected chi connectivity index (χ2v) is 5.78. The molecule has 0 spiro atoms. The van der Waals surface area contributed by atoms with Crippen LogP contribution in [0.1, 0.15) is 5.69 Å². The monoisotopic (exact) mass is 359 g/mol. The molecule has 0 radical (unpaired) electrons. The van der Waals surface area contributed by atoms with Gasteiger partial charge in [-0.1, -0.05) is 33.2 Å². The number of aryl methyl sites for hydroxylation is 1. The summed E-state index contributed by atoms with van der Waals surface area (Å²) in [5.74, 6) is 1.22. The maximum Gasteiger partial charge on any atom is 0.178 e. The van der Waals surface area contributed by atoms with Gasteiger partial charge in [0.1, 0.15) is 11.5 Å². The van der Waals surface area contributed by atoms with Gasteiger partial charge in [-0.25, -0.2) is 0 Å². The molecule has 0 aliphatic rings. The molecular weight excluding hydrogens is 346 g/mol. The number of aromatic nitrogens is 1. The molecule has 0 aliphatic heterocycles. The van der Waals surface area contributed by atoms with Crippen LogP contribution in [0.4, 0.5) is 0 Å². The molecule has 3 aromatic rings. The van der Waals surface area contributed by atoms with Crippen molar-refractivity contribution in [1.82, 2.24) is 5.16 Å². The van der Waals surface area contributed by atoms with Crippen LogP contribution >= 0.6 is 15.9 Å². The lowest BCUT2D eigenvalue weighted by Crippen LogP contribution is -1.86. The van der Waals surface area contributed by atoms with Crippen LogP contribution in [0.5, 0.6) is 11.5 Å². The fourth-order valence-corrected chi connectivity index (χ4v) is 2.60. The number of phenolic OH excluding ortho intramolecular Hbond substituents is 1. The van der Waals surface area contributed by atoms with Gasteiger partial charge in [-0.15, -0.1) is 0 Å². The van der Waals surface area contributed by atoms with E-state index in [1.54, 1.807) is 25.3 Å². The standard InChI is InChI=1S/C17H14BrNO3/c1-10-16(11-3-5-12(18)6-4-11)17(22-19-10)14-8-7-13(21-2)9-15(14)20/h3-9,20H,1-2H3. The Morgan fingerprint density at radius 1 is 1.14 bits per heavy atom. The van der Waals surface area contributed by atoms with Crippen LogP contribution in [0.3, 0.4) is 0 Å². The number of aromatic hydroxyl groups is 1. The highest BCUT2D eigenvalue weighted by molar-refractivity contribution is 9.10. The Morgan fingerprint density at radius 2 is 1.86 bits per heavy atom. The van der Waals surface area contributed by atoms with E-state index in [-0.39, 0.29) is 5.75 Å². The number of phenols is 1. The van der Waals surface area contributed by atoms with Crippen LogP contribution in [0.2, 0.25) is 0 Å². The van der Waals surface area contributed by atoms with E-state index >= 15 is 0 Å². The van der Waals surface area contributed by atoms with Crippen molar-refractivity contribution in [3.05, 3.63) is 52.6 Å². The van der Waals surface area contributed by atoms with Gasteiger partial charge in [-0.3, -0.25) is 0 Å². The average Bonchev–Trinajstić information content (AvgIpc) is 2.89. The average molecular weight is 360 g/mol. The minimum absolute atomic E-state index is 0.0915. The van der Waals surface area contributed by atoms with E-state index < -0.39 is 0 Å². The Kier molecular flexibility index (Phi) is 3.90. The summed E-state index contributed by atoms with van der Waals surface area (Å²) >= 11 is 3.43. The number of nitrogens with zero attached hydrogens (tertiary/aromatic N) is 1. The first-order valence-electron chi connectivity index (χ1n) is 6.69. The van der Waals surface area contributed by atoms with Crippen LogP contribution in [-0.2, 0) is 0 Å². The highest BCUT2D eigenvalue weighted by Crippen LogP contribution is 2.40. The summed E-state index contributed by atoms with van der Waals surface area (Å²) in [6.07, 6.45) is 0. The van der Waals surface area contributed by atoms with Crippen molar-refractivity contribution in [2.45, 2.75) is 6.92 Å². The molecule has 0 saturated carbocycles. The van der Waals surface area contributed by atoms with E-state index in [2.05, 4.69) is 21.1 Å². The van der Waals surface area contributed by atoms with E-state index in [1.165, 1.54) is 0 Å². The zero-order valence-corrected chi connectivity index (χ0v) is 13.7. The predicted molar refractivity (Wildman–Crippen MR) is 88.0 cm³/mol. The minimum Gasteiger partial charge on any atom is -0.507 e. The Labute approximate surface area is 136 Å². The minimum atomic E-state index is 0.0915. The van der Waals surface area contributed by atoms with Crippen LogP contribution in [-0.4, -0.2) is 17.4 Å². The largest absolute Gasteiger partial charge is 0.507 e. The molecule has 22 heavy (non-hydrogen) atoms. The molecular formula is C17H14BrNO3. The van der Waals surface area contributed by atoms with Crippen LogP contribution in [0.15, 0.2) is 51.5 Å². The maximum absolute atomic E-state index is 10.2. The van der Waals surface area contributed by atoms with Crippen molar-refractivity contribution >= 4 is 15.9 Å². The molecule has 0 unspecified atom stereocenters. The van der Waals surface area contributed by atoms with Crippen LogP contribution in [0, 0.1) is 6.92 Å². The van der Waals surface area contributed by atoms with Gasteiger partial charge < -0.3 is 14.4 Å². The van der Waals surface area contributed by atoms with Crippen molar-refractivity contribution in [1.29, 1.82) is 0 Å². The number of benzene rings is 2. The topological polar surface area (TPSA) is 55.5 Å². The molecule has 0 saturated heterocycles. The van der Waals surface area contributed by atoms with E-state index in [0.29, 0.717) is 17.1 Å². The molecule has 1 N–H and O–H groups in total. The molecule has 3 rings (SSSR count). The Morgan fingerprint density at radius 3 is 2.50 bits per heavy atom. The summed E-state index contributed by atoms with van der Waals surface area (Å²) in [4.78, 5) is 0. The van der Waals surface area contributed by atoms with Gasteiger partial charge in [-0.05, 0) is 36.8 Å². The normalized spacial score (nSPS) is 10.7. The molecule has 2 aromatic carbocycles. The number of rotatable bonds is 3. The van der Waals surface area contributed by atoms with E-state index in [1.807, 2.05) is 31.2 Å². The molecule has 1 heterocycles. The number of hydrogen-bond donors (Lipinski definition) is 1. The van der Waals surface area contributed by atoms with Crippen molar-refractivity contribution in [2.24, 2.45) is 0 Å². The number of methoxy groups -OCH3 is 1. The van der Waals surface area contributed by atoms with E-state index in [4.69, 9.17) is 9.26 Å². The molecule has 0 bridgehead atoms. The number of halogens is 1. The van der Waals surface area contributed by atoms with Gasteiger partial charge >= 0.3 is 0 Å². The van der Waals surface area contributed by atoms with Gasteiger partial charge in [0.25, 0.3) is 0 Å². The van der Waals surface area contributed by atoms with Crippen molar-refractivity contribution in [3.63, 3.8) is 0 Å². The molecule has 0 atom stereocenters. The lowest BCUT2D eigenvalue weighted by Gasteiger charge is -2.07. The molecule has 0 aliphatic carbocycles. The molecule has 0 fully saturated rings. The van der Waals surface area contributed by atoms with E-state index in [9.17, 15) is 5.11 Å². The van der Waals surface area contributed by atoms with Gasteiger partial charge in [-0.2, -0.15) is 0 Å². The van der Waals surface area contributed by atoms with Gasteiger partial charge in [0.2, 0.25) is 0 Å². The van der Waals surface area contributed by atoms with Crippen LogP contribution in [0.25, 0.3) is 22.5 Å². The molecule has 112 valence electrons. The van der Waals surface area contributed by atoms with Crippen molar-refractivity contribution in [2.75, 3.05) is 7.11 Å². The van der Waals surface area contributed by atoms with Gasteiger partial charge in [0.05, 0.1) is 23.9 Å². The summed E-state index contributed by atoms with van der Waals surface area (Å²) < 4.78 is 11.6. The zero-order valence-electron chi connectivity index (χ0n) is 12.1. The fourth-order valence-electron chi connectivity index (χ4n) is 2.34. The van der Waals surface area contributed by atoms with Crippen LogP contribution < -0.4 is 4.74 Å².